The maximum Gasteiger partial charge on any atom is 0.170 e. The van der Waals surface area contributed by atoms with E-state index in [1.165, 1.54) is 0 Å². The highest BCUT2D eigenvalue weighted by Crippen LogP contribution is 2.26. The summed E-state index contributed by atoms with van der Waals surface area (Å²) in [4.78, 5) is 12.8. The molecule has 0 aliphatic carbocycles. The first kappa shape index (κ1) is 15.7. The molecule has 0 bridgehead atoms. The highest BCUT2D eigenvalue weighted by Gasteiger charge is 2.35. The molecule has 4 nitrogen and oxygen atoms in total. The number of para-hydroxylation sites is 1. The first-order valence-corrected chi connectivity index (χ1v) is 7.65. The summed E-state index contributed by atoms with van der Waals surface area (Å²) >= 11 is 0. The van der Waals surface area contributed by atoms with Crippen LogP contribution in [0.1, 0.15) is 39.3 Å². The standard InChI is InChI=1S/C17H24N2O2/c1-5-17(6-2,21-7-3)16(20)12-14-13-10-8-9-11-15(13)19(4)18-14/h8-11H,5-7,12H2,1-4H3. The number of ether oxygens (including phenoxy) is 1. The van der Waals surface area contributed by atoms with Gasteiger partial charge in [-0.15, -0.1) is 0 Å². The SMILES string of the molecule is CCOC(CC)(CC)C(=O)Cc1nn(C)c2ccccc12. The van der Waals surface area contributed by atoms with Gasteiger partial charge in [-0.3, -0.25) is 9.48 Å². The van der Waals surface area contributed by atoms with Crippen LogP contribution in [0.4, 0.5) is 0 Å². The molecule has 0 amide bonds. The summed E-state index contributed by atoms with van der Waals surface area (Å²) in [5, 5.41) is 5.56. The normalized spacial score (nSPS) is 12.0. The van der Waals surface area contributed by atoms with Crippen LogP contribution in [-0.4, -0.2) is 27.8 Å². The number of Topliss-reactive ketones (excluding diaryl/α,β-unsaturated/α-hetero) is 1. The maximum absolute atomic E-state index is 12.8. The molecule has 114 valence electrons. The van der Waals surface area contributed by atoms with Crippen LogP contribution in [0.15, 0.2) is 24.3 Å². The molecule has 0 aliphatic heterocycles. The second kappa shape index (κ2) is 6.39. The van der Waals surface area contributed by atoms with Gasteiger partial charge in [0, 0.05) is 19.0 Å². The Morgan fingerprint density at radius 1 is 1.24 bits per heavy atom. The van der Waals surface area contributed by atoms with E-state index < -0.39 is 5.60 Å². The van der Waals surface area contributed by atoms with Gasteiger partial charge in [0.05, 0.1) is 17.6 Å². The average Bonchev–Trinajstić information content (AvgIpc) is 2.82. The summed E-state index contributed by atoms with van der Waals surface area (Å²) in [5.74, 6) is 0.123. The van der Waals surface area contributed by atoms with Crippen LogP contribution < -0.4 is 0 Å². The Morgan fingerprint density at radius 3 is 2.52 bits per heavy atom. The minimum atomic E-state index is -0.673. The van der Waals surface area contributed by atoms with Crippen LogP contribution in [0.25, 0.3) is 10.9 Å². The summed E-state index contributed by atoms with van der Waals surface area (Å²) in [6.07, 6.45) is 1.71. The largest absolute Gasteiger partial charge is 0.368 e. The Kier molecular flexibility index (Phi) is 4.78. The molecule has 0 N–H and O–H groups in total. The lowest BCUT2D eigenvalue weighted by Gasteiger charge is -2.29. The van der Waals surface area contributed by atoms with Gasteiger partial charge in [0.15, 0.2) is 5.78 Å². The number of rotatable bonds is 7. The average molecular weight is 288 g/mol. The number of aryl methyl sites for hydroxylation is 1. The highest BCUT2D eigenvalue weighted by atomic mass is 16.5. The Hall–Kier alpha value is -1.68. The van der Waals surface area contributed by atoms with Crippen molar-refractivity contribution in [3.63, 3.8) is 0 Å². The van der Waals surface area contributed by atoms with E-state index in [1.54, 1.807) is 0 Å². The molecule has 0 radical (unpaired) electrons. The third kappa shape index (κ3) is 2.86. The van der Waals surface area contributed by atoms with Crippen LogP contribution >= 0.6 is 0 Å². The molecule has 4 heteroatoms. The molecule has 0 fully saturated rings. The zero-order valence-corrected chi connectivity index (χ0v) is 13.3. The van der Waals surface area contributed by atoms with Gasteiger partial charge in [0.25, 0.3) is 0 Å². The molecular weight excluding hydrogens is 264 g/mol. The van der Waals surface area contributed by atoms with Crippen molar-refractivity contribution >= 4 is 16.7 Å². The van der Waals surface area contributed by atoms with E-state index in [2.05, 4.69) is 5.10 Å². The van der Waals surface area contributed by atoms with Crippen LogP contribution in [0, 0.1) is 0 Å². The zero-order valence-electron chi connectivity index (χ0n) is 13.3. The van der Waals surface area contributed by atoms with Crippen molar-refractivity contribution in [2.45, 2.75) is 45.6 Å². The maximum atomic E-state index is 12.8. The van der Waals surface area contributed by atoms with Crippen molar-refractivity contribution in [2.75, 3.05) is 6.61 Å². The van der Waals surface area contributed by atoms with E-state index in [-0.39, 0.29) is 5.78 Å². The fraction of sp³-hybridized carbons (Fsp3) is 0.529. The fourth-order valence-electron chi connectivity index (χ4n) is 2.94. The fourth-order valence-corrected chi connectivity index (χ4v) is 2.94. The van der Waals surface area contributed by atoms with Gasteiger partial charge in [0.1, 0.15) is 5.60 Å². The summed E-state index contributed by atoms with van der Waals surface area (Å²) < 4.78 is 7.63. The van der Waals surface area contributed by atoms with E-state index in [0.29, 0.717) is 25.9 Å². The Labute approximate surface area is 126 Å². The Bertz CT molecular complexity index is 627. The van der Waals surface area contributed by atoms with Crippen molar-refractivity contribution in [1.29, 1.82) is 0 Å². The third-order valence-electron chi connectivity index (χ3n) is 4.23. The van der Waals surface area contributed by atoms with Crippen LogP contribution in [0.5, 0.6) is 0 Å². The lowest BCUT2D eigenvalue weighted by atomic mass is 9.88. The molecule has 0 saturated carbocycles. The molecule has 1 heterocycles. The molecule has 0 atom stereocenters. The van der Waals surface area contributed by atoms with Crippen LogP contribution in [0.3, 0.4) is 0 Å². The highest BCUT2D eigenvalue weighted by molar-refractivity contribution is 5.93. The summed E-state index contributed by atoms with van der Waals surface area (Å²) in [6.45, 7) is 6.50. The van der Waals surface area contributed by atoms with Gasteiger partial charge in [-0.2, -0.15) is 5.10 Å². The molecule has 0 saturated heterocycles. The third-order valence-corrected chi connectivity index (χ3v) is 4.23. The molecule has 2 rings (SSSR count). The lowest BCUT2D eigenvalue weighted by molar-refractivity contribution is -0.144. The van der Waals surface area contributed by atoms with E-state index in [0.717, 1.165) is 16.6 Å². The second-order valence-electron chi connectivity index (χ2n) is 5.32. The molecule has 21 heavy (non-hydrogen) atoms. The number of hydrogen-bond acceptors (Lipinski definition) is 3. The summed E-state index contributed by atoms with van der Waals surface area (Å²) in [7, 11) is 1.91. The number of carbonyl (C=O) groups is 1. The molecule has 0 aliphatic rings. The van der Waals surface area contributed by atoms with Crippen LogP contribution in [-0.2, 0) is 23.0 Å². The predicted octanol–water partition coefficient (Wildman–Crippen LogP) is 3.28. The number of benzene rings is 1. The number of ketones is 1. The van der Waals surface area contributed by atoms with Crippen molar-refractivity contribution in [1.82, 2.24) is 9.78 Å². The Balaban J connectivity index is 2.33. The molecule has 1 aromatic carbocycles. The van der Waals surface area contributed by atoms with Gasteiger partial charge >= 0.3 is 0 Å². The number of nitrogens with zero attached hydrogens (tertiary/aromatic N) is 2. The predicted molar refractivity (Wildman–Crippen MR) is 84.4 cm³/mol. The number of fused-ring (bicyclic) bond motifs is 1. The number of hydrogen-bond donors (Lipinski definition) is 0. The molecule has 1 aromatic heterocycles. The van der Waals surface area contributed by atoms with E-state index in [4.69, 9.17) is 4.74 Å². The van der Waals surface area contributed by atoms with Crippen LogP contribution in [0.2, 0.25) is 0 Å². The van der Waals surface area contributed by atoms with Gasteiger partial charge in [0.2, 0.25) is 0 Å². The van der Waals surface area contributed by atoms with Crippen molar-refractivity contribution in [2.24, 2.45) is 7.05 Å². The summed E-state index contributed by atoms with van der Waals surface area (Å²) in [5.41, 5.74) is 1.22. The monoisotopic (exact) mass is 288 g/mol. The lowest BCUT2D eigenvalue weighted by Crippen LogP contribution is -2.41. The van der Waals surface area contributed by atoms with E-state index in [9.17, 15) is 4.79 Å². The van der Waals surface area contributed by atoms with Gasteiger partial charge in [-0.1, -0.05) is 32.0 Å². The van der Waals surface area contributed by atoms with Crippen molar-refractivity contribution < 1.29 is 9.53 Å². The second-order valence-corrected chi connectivity index (χ2v) is 5.32. The van der Waals surface area contributed by atoms with Gasteiger partial charge in [-0.05, 0) is 25.8 Å². The van der Waals surface area contributed by atoms with E-state index >= 15 is 0 Å². The van der Waals surface area contributed by atoms with Gasteiger partial charge < -0.3 is 4.74 Å². The first-order chi connectivity index (χ1) is 10.1. The quantitative estimate of drug-likeness (QED) is 0.785. The van der Waals surface area contributed by atoms with E-state index in [1.807, 2.05) is 56.8 Å². The topological polar surface area (TPSA) is 44.1 Å². The minimum absolute atomic E-state index is 0.123. The molecular formula is C17H24N2O2. The Morgan fingerprint density at radius 2 is 1.90 bits per heavy atom. The summed E-state index contributed by atoms with van der Waals surface area (Å²) in [6, 6.07) is 8.00. The molecule has 0 spiro atoms. The molecule has 0 unspecified atom stereocenters. The molecule has 2 aromatic rings. The smallest absolute Gasteiger partial charge is 0.170 e. The van der Waals surface area contributed by atoms with Crippen molar-refractivity contribution in [3.8, 4) is 0 Å². The van der Waals surface area contributed by atoms with Crippen molar-refractivity contribution in [3.05, 3.63) is 30.0 Å². The zero-order chi connectivity index (χ0) is 15.5. The number of carbonyl (C=O) groups excluding carboxylic acids is 1. The minimum Gasteiger partial charge on any atom is -0.368 e. The first-order valence-electron chi connectivity index (χ1n) is 7.65. The number of aromatic nitrogens is 2. The van der Waals surface area contributed by atoms with Gasteiger partial charge in [-0.25, -0.2) is 0 Å².